The van der Waals surface area contributed by atoms with Gasteiger partial charge in [-0.15, -0.1) is 0 Å². The number of anilines is 1. The molecule has 0 heterocycles. The molecule has 0 aromatic heterocycles. The van der Waals surface area contributed by atoms with Crippen LogP contribution in [0.5, 0.6) is 0 Å². The maximum absolute atomic E-state index is 11.2. The Morgan fingerprint density at radius 1 is 1.35 bits per heavy atom. The molecule has 4 nitrogen and oxygen atoms in total. The second-order valence-electron chi connectivity index (χ2n) is 2.98. The molecule has 0 aliphatic heterocycles. The highest BCUT2D eigenvalue weighted by Gasteiger charge is 2.14. The Morgan fingerprint density at radius 2 is 2.00 bits per heavy atom. The Kier molecular flexibility index (Phi) is 5.05. The van der Waals surface area contributed by atoms with Crippen molar-refractivity contribution in [1.82, 2.24) is 0 Å². The summed E-state index contributed by atoms with van der Waals surface area (Å²) in [4.78, 5) is 21.2. The van der Waals surface area contributed by atoms with Gasteiger partial charge in [0.25, 0.3) is 5.91 Å². The van der Waals surface area contributed by atoms with Crippen LogP contribution >= 0.6 is 34.8 Å². The smallest absolute Gasteiger partial charge is 0.337 e. The molecule has 1 aromatic rings. The van der Waals surface area contributed by atoms with E-state index in [9.17, 15) is 9.59 Å². The zero-order valence-corrected chi connectivity index (χ0v) is 10.9. The number of benzene rings is 1. The fourth-order valence-corrected chi connectivity index (χ4v) is 1.39. The van der Waals surface area contributed by atoms with Gasteiger partial charge in [0.2, 0.25) is 0 Å². The van der Waals surface area contributed by atoms with E-state index < -0.39 is 16.7 Å². The summed E-state index contributed by atoms with van der Waals surface area (Å²) in [5, 5.41) is 2.60. The van der Waals surface area contributed by atoms with E-state index in [-0.39, 0.29) is 10.6 Å². The number of rotatable bonds is 3. The Labute approximate surface area is 113 Å². The molecule has 1 aromatic carbocycles. The van der Waals surface area contributed by atoms with Gasteiger partial charge in [0.1, 0.15) is 0 Å². The quantitative estimate of drug-likeness (QED) is 0.689. The predicted molar refractivity (Wildman–Crippen MR) is 66.9 cm³/mol. The van der Waals surface area contributed by atoms with Gasteiger partial charge in [0, 0.05) is 0 Å². The van der Waals surface area contributed by atoms with Gasteiger partial charge in [0.15, 0.2) is 4.84 Å². The summed E-state index contributed by atoms with van der Waals surface area (Å²) >= 11 is 16.6. The molecular weight excluding hydrogens is 288 g/mol. The zero-order chi connectivity index (χ0) is 13.0. The van der Waals surface area contributed by atoms with Gasteiger partial charge in [-0.3, -0.25) is 4.79 Å². The first-order valence-electron chi connectivity index (χ1n) is 4.42. The van der Waals surface area contributed by atoms with Crippen LogP contribution in [0.3, 0.4) is 0 Å². The number of alkyl halides is 2. The van der Waals surface area contributed by atoms with E-state index in [2.05, 4.69) is 10.1 Å². The normalized spacial score (nSPS) is 10.2. The highest BCUT2D eigenvalue weighted by Crippen LogP contribution is 2.24. The lowest BCUT2D eigenvalue weighted by atomic mass is 10.2. The van der Waals surface area contributed by atoms with Gasteiger partial charge in [-0.25, -0.2) is 4.79 Å². The van der Waals surface area contributed by atoms with Crippen LogP contribution < -0.4 is 5.32 Å². The first kappa shape index (κ1) is 14.1. The summed E-state index contributed by atoms with van der Waals surface area (Å²) in [6.45, 7) is 0. The molecule has 0 bridgehead atoms. The van der Waals surface area contributed by atoms with Crippen LogP contribution in [0.4, 0.5) is 5.69 Å². The lowest BCUT2D eigenvalue weighted by molar-refractivity contribution is -0.114. The molecule has 0 aliphatic carbocycles. The lowest BCUT2D eigenvalue weighted by Gasteiger charge is -2.08. The average molecular weight is 297 g/mol. The number of hydrogen-bond donors (Lipinski definition) is 1. The van der Waals surface area contributed by atoms with Crippen molar-refractivity contribution in [3.05, 3.63) is 28.8 Å². The maximum atomic E-state index is 11.2. The molecule has 1 amide bonds. The number of carbonyl (C=O) groups excluding carboxylic acids is 2. The van der Waals surface area contributed by atoms with Crippen molar-refractivity contribution in [2.45, 2.75) is 4.84 Å². The number of ether oxygens (including phenoxy) is 1. The van der Waals surface area contributed by atoms with Crippen molar-refractivity contribution < 1.29 is 14.3 Å². The molecule has 0 spiro atoms. The Morgan fingerprint density at radius 3 is 2.47 bits per heavy atom. The van der Waals surface area contributed by atoms with E-state index in [1.165, 1.54) is 25.3 Å². The van der Waals surface area contributed by atoms with E-state index in [0.717, 1.165) is 0 Å². The van der Waals surface area contributed by atoms with Gasteiger partial charge in [-0.05, 0) is 18.2 Å². The minimum atomic E-state index is -1.19. The van der Waals surface area contributed by atoms with Gasteiger partial charge in [0.05, 0.1) is 23.4 Å². The number of halogens is 3. The van der Waals surface area contributed by atoms with Crippen LogP contribution in [0.15, 0.2) is 18.2 Å². The number of hydrogen-bond acceptors (Lipinski definition) is 3. The largest absolute Gasteiger partial charge is 0.465 e. The highest BCUT2D eigenvalue weighted by molar-refractivity contribution is 6.54. The monoisotopic (exact) mass is 295 g/mol. The standard InChI is InChI=1S/C10H8Cl3NO3/c1-17-10(16)5-2-3-7(6(11)4-5)14-9(15)8(12)13/h2-4,8H,1H3,(H,14,15). The second-order valence-corrected chi connectivity index (χ2v) is 4.48. The first-order valence-corrected chi connectivity index (χ1v) is 5.67. The molecule has 1 rings (SSSR count). The molecule has 92 valence electrons. The van der Waals surface area contributed by atoms with Crippen molar-refractivity contribution in [2.75, 3.05) is 12.4 Å². The SMILES string of the molecule is COC(=O)c1ccc(NC(=O)C(Cl)Cl)c(Cl)c1. The molecule has 0 saturated heterocycles. The van der Waals surface area contributed by atoms with Crippen LogP contribution in [0.2, 0.25) is 5.02 Å². The molecule has 0 unspecified atom stereocenters. The van der Waals surface area contributed by atoms with Crippen LogP contribution in [-0.2, 0) is 9.53 Å². The van der Waals surface area contributed by atoms with Crippen molar-refractivity contribution >= 4 is 52.4 Å². The van der Waals surface area contributed by atoms with Crippen LogP contribution in [-0.4, -0.2) is 23.8 Å². The first-order chi connectivity index (χ1) is 7.95. The summed E-state index contributed by atoms with van der Waals surface area (Å²) in [5.41, 5.74) is 0.597. The van der Waals surface area contributed by atoms with E-state index >= 15 is 0 Å². The van der Waals surface area contributed by atoms with E-state index in [4.69, 9.17) is 34.8 Å². The molecule has 0 aliphatic rings. The van der Waals surface area contributed by atoms with Crippen LogP contribution in [0, 0.1) is 0 Å². The Hall–Kier alpha value is -0.970. The zero-order valence-electron chi connectivity index (χ0n) is 8.67. The number of amides is 1. The van der Waals surface area contributed by atoms with E-state index in [1.54, 1.807) is 0 Å². The molecule has 7 heteroatoms. The second kappa shape index (κ2) is 6.10. The topological polar surface area (TPSA) is 55.4 Å². The summed E-state index contributed by atoms with van der Waals surface area (Å²) < 4.78 is 4.52. The van der Waals surface area contributed by atoms with E-state index in [0.29, 0.717) is 5.69 Å². The Bertz CT molecular complexity index is 448. The minimum absolute atomic E-state index is 0.190. The fraction of sp³-hybridized carbons (Fsp3) is 0.200. The third-order valence-corrected chi connectivity index (χ3v) is 2.56. The summed E-state index contributed by atoms with van der Waals surface area (Å²) in [5.74, 6) is -1.11. The predicted octanol–water partition coefficient (Wildman–Crippen LogP) is 2.87. The van der Waals surface area contributed by atoms with E-state index in [1.807, 2.05) is 0 Å². The van der Waals surface area contributed by atoms with Crippen molar-refractivity contribution in [3.63, 3.8) is 0 Å². The molecule has 0 saturated carbocycles. The summed E-state index contributed by atoms with van der Waals surface area (Å²) in [6.07, 6.45) is 0. The third kappa shape index (κ3) is 3.77. The number of methoxy groups -OCH3 is 1. The number of carbonyl (C=O) groups is 2. The van der Waals surface area contributed by atoms with Crippen molar-refractivity contribution in [3.8, 4) is 0 Å². The van der Waals surface area contributed by atoms with Crippen molar-refractivity contribution in [2.24, 2.45) is 0 Å². The Balaban J connectivity index is 2.90. The molecule has 0 atom stereocenters. The van der Waals surface area contributed by atoms with Gasteiger partial charge in [-0.2, -0.15) is 0 Å². The summed E-state index contributed by atoms with van der Waals surface area (Å²) in [6, 6.07) is 4.30. The number of esters is 1. The molecular formula is C10H8Cl3NO3. The third-order valence-electron chi connectivity index (χ3n) is 1.85. The van der Waals surface area contributed by atoms with Gasteiger partial charge in [-0.1, -0.05) is 34.8 Å². The van der Waals surface area contributed by atoms with Crippen LogP contribution in [0.1, 0.15) is 10.4 Å². The molecule has 0 fully saturated rings. The fourth-order valence-electron chi connectivity index (χ4n) is 1.05. The highest BCUT2D eigenvalue weighted by atomic mass is 35.5. The van der Waals surface area contributed by atoms with Gasteiger partial charge >= 0.3 is 5.97 Å². The van der Waals surface area contributed by atoms with Crippen molar-refractivity contribution in [1.29, 1.82) is 0 Å². The maximum Gasteiger partial charge on any atom is 0.337 e. The molecule has 17 heavy (non-hydrogen) atoms. The lowest BCUT2D eigenvalue weighted by Crippen LogP contribution is -2.18. The minimum Gasteiger partial charge on any atom is -0.465 e. The molecule has 1 N–H and O–H groups in total. The van der Waals surface area contributed by atoms with Gasteiger partial charge < -0.3 is 10.1 Å². The van der Waals surface area contributed by atoms with Crippen LogP contribution in [0.25, 0.3) is 0 Å². The number of nitrogens with one attached hydrogen (secondary N) is 1. The average Bonchev–Trinajstić information content (AvgIpc) is 2.30. The summed E-state index contributed by atoms with van der Waals surface area (Å²) in [7, 11) is 1.26. The molecule has 0 radical (unpaired) electrons.